The zero-order valence-corrected chi connectivity index (χ0v) is 9.93. The number of anilines is 1. The van der Waals surface area contributed by atoms with Crippen molar-refractivity contribution in [3.8, 4) is 0 Å². The predicted molar refractivity (Wildman–Crippen MR) is 67.4 cm³/mol. The standard InChI is InChI=1S/C12H12FN5O/c13-9-3-1-2-8(4-9)5-17-12(19)10-6-16-11(18-14)7-15-10/h1-4,6-7H,5,14H2,(H,16,18)(H,17,19). The van der Waals surface area contributed by atoms with E-state index in [2.05, 4.69) is 20.7 Å². The van der Waals surface area contributed by atoms with Crippen molar-refractivity contribution in [1.29, 1.82) is 0 Å². The van der Waals surface area contributed by atoms with Gasteiger partial charge in [0.25, 0.3) is 5.91 Å². The number of aromatic nitrogens is 2. The number of nitrogen functional groups attached to an aromatic ring is 1. The summed E-state index contributed by atoms with van der Waals surface area (Å²) < 4.78 is 12.9. The van der Waals surface area contributed by atoms with Gasteiger partial charge in [0.05, 0.1) is 12.4 Å². The summed E-state index contributed by atoms with van der Waals surface area (Å²) in [4.78, 5) is 19.5. The van der Waals surface area contributed by atoms with Crippen molar-refractivity contribution < 1.29 is 9.18 Å². The van der Waals surface area contributed by atoms with Gasteiger partial charge < -0.3 is 10.7 Å². The van der Waals surface area contributed by atoms with Crippen LogP contribution in [0, 0.1) is 5.82 Å². The van der Waals surface area contributed by atoms with Gasteiger partial charge >= 0.3 is 0 Å². The lowest BCUT2D eigenvalue weighted by Gasteiger charge is -2.05. The largest absolute Gasteiger partial charge is 0.347 e. The van der Waals surface area contributed by atoms with Crippen LogP contribution in [0.25, 0.3) is 0 Å². The number of benzene rings is 1. The van der Waals surface area contributed by atoms with E-state index in [-0.39, 0.29) is 24.0 Å². The molecule has 4 N–H and O–H groups in total. The molecule has 1 aromatic carbocycles. The van der Waals surface area contributed by atoms with E-state index in [9.17, 15) is 9.18 Å². The first-order chi connectivity index (χ1) is 9.19. The summed E-state index contributed by atoms with van der Waals surface area (Å²) >= 11 is 0. The van der Waals surface area contributed by atoms with Gasteiger partial charge in [-0.3, -0.25) is 4.79 Å². The third-order valence-corrected chi connectivity index (χ3v) is 2.37. The van der Waals surface area contributed by atoms with Crippen LogP contribution in [0.2, 0.25) is 0 Å². The average Bonchev–Trinajstić information content (AvgIpc) is 2.45. The van der Waals surface area contributed by atoms with E-state index in [0.29, 0.717) is 11.4 Å². The molecular weight excluding hydrogens is 249 g/mol. The zero-order chi connectivity index (χ0) is 13.7. The fourth-order valence-corrected chi connectivity index (χ4v) is 1.44. The minimum Gasteiger partial charge on any atom is -0.347 e. The Morgan fingerprint density at radius 2 is 2.16 bits per heavy atom. The number of nitrogens with two attached hydrogens (primary N) is 1. The Morgan fingerprint density at radius 3 is 2.79 bits per heavy atom. The minimum atomic E-state index is -0.389. The maximum atomic E-state index is 12.9. The van der Waals surface area contributed by atoms with Crippen LogP contribution in [0.1, 0.15) is 16.1 Å². The molecule has 2 aromatic rings. The van der Waals surface area contributed by atoms with E-state index in [1.54, 1.807) is 12.1 Å². The van der Waals surface area contributed by atoms with Crippen LogP contribution in [0.3, 0.4) is 0 Å². The van der Waals surface area contributed by atoms with E-state index in [0.717, 1.165) is 0 Å². The van der Waals surface area contributed by atoms with Crippen LogP contribution in [0.4, 0.5) is 10.2 Å². The number of nitrogens with zero attached hydrogens (tertiary/aromatic N) is 2. The number of hydrogen-bond donors (Lipinski definition) is 3. The maximum absolute atomic E-state index is 12.9. The molecule has 0 atom stereocenters. The SMILES string of the molecule is NNc1cnc(C(=O)NCc2cccc(F)c2)cn1. The first-order valence-corrected chi connectivity index (χ1v) is 5.50. The molecule has 0 saturated carbocycles. The van der Waals surface area contributed by atoms with E-state index >= 15 is 0 Å². The quantitative estimate of drug-likeness (QED) is 0.560. The molecule has 0 aliphatic heterocycles. The smallest absolute Gasteiger partial charge is 0.271 e. The Bertz CT molecular complexity index is 573. The molecule has 0 bridgehead atoms. The van der Waals surface area contributed by atoms with Crippen molar-refractivity contribution >= 4 is 11.7 Å². The van der Waals surface area contributed by atoms with Crippen molar-refractivity contribution in [1.82, 2.24) is 15.3 Å². The fraction of sp³-hybridized carbons (Fsp3) is 0.0833. The molecule has 0 unspecified atom stereocenters. The van der Waals surface area contributed by atoms with Crippen LogP contribution >= 0.6 is 0 Å². The number of hydrazine groups is 1. The van der Waals surface area contributed by atoms with Gasteiger partial charge in [0.1, 0.15) is 11.5 Å². The fourth-order valence-electron chi connectivity index (χ4n) is 1.44. The summed E-state index contributed by atoms with van der Waals surface area (Å²) in [5.41, 5.74) is 3.14. The summed E-state index contributed by atoms with van der Waals surface area (Å²) in [6, 6.07) is 6.00. The van der Waals surface area contributed by atoms with Gasteiger partial charge in [-0.05, 0) is 17.7 Å². The molecule has 2 rings (SSSR count). The van der Waals surface area contributed by atoms with Crippen LogP contribution in [0.5, 0.6) is 0 Å². The van der Waals surface area contributed by atoms with Crippen molar-refractivity contribution in [2.75, 3.05) is 5.43 Å². The minimum absolute atomic E-state index is 0.162. The lowest BCUT2D eigenvalue weighted by atomic mass is 10.2. The highest BCUT2D eigenvalue weighted by atomic mass is 19.1. The normalized spacial score (nSPS) is 10.0. The van der Waals surface area contributed by atoms with Gasteiger partial charge in [0, 0.05) is 6.54 Å². The highest BCUT2D eigenvalue weighted by molar-refractivity contribution is 5.91. The molecule has 0 aliphatic rings. The molecule has 0 aliphatic carbocycles. The average molecular weight is 261 g/mol. The second-order valence-electron chi connectivity index (χ2n) is 3.74. The Labute approximate surface area is 108 Å². The lowest BCUT2D eigenvalue weighted by Crippen LogP contribution is -2.24. The topological polar surface area (TPSA) is 92.9 Å². The van der Waals surface area contributed by atoms with Crippen molar-refractivity contribution in [2.24, 2.45) is 5.84 Å². The lowest BCUT2D eigenvalue weighted by molar-refractivity contribution is 0.0945. The predicted octanol–water partition coefficient (Wildman–Crippen LogP) is 0.831. The van der Waals surface area contributed by atoms with Crippen LogP contribution in [-0.2, 0) is 6.54 Å². The Hall–Kier alpha value is -2.54. The molecule has 19 heavy (non-hydrogen) atoms. The Balaban J connectivity index is 1.97. The zero-order valence-electron chi connectivity index (χ0n) is 9.93. The summed E-state index contributed by atoms with van der Waals surface area (Å²) in [5.74, 6) is 4.77. The molecular formula is C12H12FN5O. The van der Waals surface area contributed by atoms with Crippen LogP contribution < -0.4 is 16.6 Å². The molecule has 0 spiro atoms. The Morgan fingerprint density at radius 1 is 1.32 bits per heavy atom. The van der Waals surface area contributed by atoms with E-state index in [1.807, 2.05) is 0 Å². The van der Waals surface area contributed by atoms with Gasteiger partial charge in [0.15, 0.2) is 5.82 Å². The van der Waals surface area contributed by atoms with Crippen molar-refractivity contribution in [2.45, 2.75) is 6.54 Å². The number of hydrogen-bond acceptors (Lipinski definition) is 5. The molecule has 0 fully saturated rings. The number of amides is 1. The van der Waals surface area contributed by atoms with Crippen molar-refractivity contribution in [3.05, 3.63) is 53.7 Å². The summed E-state index contributed by atoms with van der Waals surface area (Å²) in [6.07, 6.45) is 2.65. The van der Waals surface area contributed by atoms with Crippen molar-refractivity contribution in [3.63, 3.8) is 0 Å². The van der Waals surface area contributed by atoms with Crippen LogP contribution in [0.15, 0.2) is 36.7 Å². The van der Waals surface area contributed by atoms with E-state index < -0.39 is 0 Å². The number of carbonyl (C=O) groups excluding carboxylic acids is 1. The molecule has 7 heteroatoms. The highest BCUT2D eigenvalue weighted by Crippen LogP contribution is 2.04. The molecule has 1 aromatic heterocycles. The second-order valence-corrected chi connectivity index (χ2v) is 3.74. The monoisotopic (exact) mass is 261 g/mol. The van der Waals surface area contributed by atoms with Gasteiger partial charge in [-0.2, -0.15) is 0 Å². The first-order valence-electron chi connectivity index (χ1n) is 5.50. The summed E-state index contributed by atoms with van der Waals surface area (Å²) in [5, 5.41) is 2.62. The number of nitrogens with one attached hydrogen (secondary N) is 2. The van der Waals surface area contributed by atoms with Gasteiger partial charge in [-0.25, -0.2) is 20.2 Å². The Kier molecular flexibility index (Phi) is 3.99. The number of carbonyl (C=O) groups is 1. The first kappa shape index (κ1) is 12.9. The van der Waals surface area contributed by atoms with E-state index in [4.69, 9.17) is 5.84 Å². The summed E-state index contributed by atoms with van der Waals surface area (Å²) in [6.45, 7) is 0.217. The van der Waals surface area contributed by atoms with Gasteiger partial charge in [-0.15, -0.1) is 0 Å². The molecule has 1 amide bonds. The molecule has 1 heterocycles. The molecule has 0 radical (unpaired) electrons. The van der Waals surface area contributed by atoms with Gasteiger partial charge in [0.2, 0.25) is 0 Å². The number of halogens is 1. The number of rotatable bonds is 4. The maximum Gasteiger partial charge on any atom is 0.271 e. The van der Waals surface area contributed by atoms with Crippen LogP contribution in [-0.4, -0.2) is 15.9 Å². The second kappa shape index (κ2) is 5.87. The molecule has 0 saturated heterocycles. The van der Waals surface area contributed by atoms with E-state index in [1.165, 1.54) is 24.5 Å². The molecule has 98 valence electrons. The highest BCUT2D eigenvalue weighted by Gasteiger charge is 2.07. The van der Waals surface area contributed by atoms with Gasteiger partial charge in [-0.1, -0.05) is 12.1 Å². The summed E-state index contributed by atoms with van der Waals surface area (Å²) in [7, 11) is 0. The molecule has 6 nitrogen and oxygen atoms in total. The third kappa shape index (κ3) is 3.46. The third-order valence-electron chi connectivity index (χ3n) is 2.37.